The van der Waals surface area contributed by atoms with Crippen molar-refractivity contribution in [3.63, 3.8) is 0 Å². The second kappa shape index (κ2) is 29.2. The van der Waals surface area contributed by atoms with Gasteiger partial charge in [0.2, 0.25) is 0 Å². The summed E-state index contributed by atoms with van der Waals surface area (Å²) in [5.74, 6) is -0.452. The first kappa shape index (κ1) is 68.0. The molecule has 8 heterocycles. The van der Waals surface area contributed by atoms with Crippen molar-refractivity contribution in [2.24, 2.45) is 23.7 Å². The number of carboxylic acids is 1. The van der Waals surface area contributed by atoms with Gasteiger partial charge < -0.3 is 29.9 Å². The summed E-state index contributed by atoms with van der Waals surface area (Å²) >= 11 is 8.41. The highest BCUT2D eigenvalue weighted by atomic mass is 32.1. The van der Waals surface area contributed by atoms with E-state index in [1.54, 1.807) is 36.5 Å². The number of carbonyl (C=O) groups is 6. The average molecular weight is 1320 g/mol. The quantitative estimate of drug-likeness (QED) is 0.0570. The van der Waals surface area contributed by atoms with Gasteiger partial charge in [-0.15, -0.1) is 45.3 Å². The molecule has 0 saturated carbocycles. The number of benzene rings is 3. The van der Waals surface area contributed by atoms with Crippen LogP contribution in [0.1, 0.15) is 110 Å². The van der Waals surface area contributed by atoms with Gasteiger partial charge in [-0.2, -0.15) is 52.1 Å². The maximum atomic E-state index is 13.1. The predicted molar refractivity (Wildman–Crippen MR) is 315 cm³/mol. The molecular formula is C58H58F10N6O8S5. The third-order valence-corrected chi connectivity index (χ3v) is 19.4. The van der Waals surface area contributed by atoms with Crippen molar-refractivity contribution in [1.29, 1.82) is 0 Å². The molecule has 3 aromatic carbocycles. The minimum atomic E-state index is -4.59. The number of halogens is 10. The highest BCUT2D eigenvalue weighted by Crippen LogP contribution is 2.41. The molecular weight excluding hydrogens is 1260 g/mol. The summed E-state index contributed by atoms with van der Waals surface area (Å²) in [6, 6.07) is 8.76. The van der Waals surface area contributed by atoms with Crippen molar-refractivity contribution < 1.29 is 82.5 Å². The number of alkyl halides is 9. The van der Waals surface area contributed by atoms with Crippen LogP contribution in [0.15, 0.2) is 77.8 Å². The topological polar surface area (TPSA) is 179 Å². The monoisotopic (exact) mass is 1320 g/mol. The Morgan fingerprint density at radius 2 is 1.05 bits per heavy atom. The molecule has 4 aromatic heterocycles. The van der Waals surface area contributed by atoms with Crippen LogP contribution in [0.5, 0.6) is 0 Å². The van der Waals surface area contributed by atoms with Crippen LogP contribution < -0.4 is 5.32 Å². The van der Waals surface area contributed by atoms with Gasteiger partial charge in [0.05, 0.1) is 40.0 Å². The summed E-state index contributed by atoms with van der Waals surface area (Å²) in [6.45, 7) is 11.3. The zero-order chi connectivity index (χ0) is 63.7. The summed E-state index contributed by atoms with van der Waals surface area (Å²) < 4.78 is 131. The van der Waals surface area contributed by atoms with E-state index >= 15 is 0 Å². The first-order valence-electron chi connectivity index (χ1n) is 26.9. The van der Waals surface area contributed by atoms with Crippen molar-refractivity contribution in [2.45, 2.75) is 65.0 Å². The fraction of sp³-hybridized carbons (Fsp3) is 0.414. The molecule has 4 saturated heterocycles. The van der Waals surface area contributed by atoms with Gasteiger partial charge in [0.15, 0.2) is 15.8 Å². The number of aromatic nitrogens is 2. The molecule has 4 aliphatic rings. The minimum Gasteiger partial charge on any atom is -0.477 e. The Labute approximate surface area is 513 Å². The number of aromatic carboxylic acids is 1. The van der Waals surface area contributed by atoms with Gasteiger partial charge in [-0.25, -0.2) is 19.2 Å². The van der Waals surface area contributed by atoms with Gasteiger partial charge in [-0.3, -0.25) is 24.0 Å². The Balaban J connectivity index is 0.000000171. The lowest BCUT2D eigenvalue weighted by atomic mass is 9.79. The Kier molecular flexibility index (Phi) is 22.8. The number of aryl methyl sites for hydroxylation is 2. The van der Waals surface area contributed by atoms with Crippen LogP contribution in [0.2, 0.25) is 0 Å². The number of carbonyl (C=O) groups excluding carboxylic acids is 5. The average Bonchev–Trinajstić information content (AvgIpc) is 2.34. The predicted octanol–water partition coefficient (Wildman–Crippen LogP) is 13.6. The Bertz CT molecular complexity index is 3540. The number of methoxy groups -OCH3 is 1. The number of esters is 1. The van der Waals surface area contributed by atoms with Crippen molar-refractivity contribution in [3.8, 4) is 0 Å². The first-order chi connectivity index (χ1) is 41.0. The molecule has 14 nitrogen and oxygen atoms in total. The molecule has 0 atom stereocenters. The van der Waals surface area contributed by atoms with Gasteiger partial charge in [0.1, 0.15) is 10.7 Å². The number of fused-ring (bicyclic) bond motifs is 2. The van der Waals surface area contributed by atoms with Gasteiger partial charge >= 0.3 is 30.5 Å². The van der Waals surface area contributed by atoms with Crippen LogP contribution >= 0.6 is 58.0 Å². The number of nitrogens with zero attached hydrogens (tertiary/aromatic N) is 5. The lowest BCUT2D eigenvalue weighted by molar-refractivity contribution is -0.138. The second-order valence-electron chi connectivity index (χ2n) is 20.6. The van der Waals surface area contributed by atoms with Crippen LogP contribution in [0, 0.1) is 43.3 Å². The Morgan fingerprint density at radius 3 is 1.40 bits per heavy atom. The van der Waals surface area contributed by atoms with Gasteiger partial charge in [0.25, 0.3) is 17.7 Å². The summed E-state index contributed by atoms with van der Waals surface area (Å²) in [5, 5.41) is 18.3. The molecule has 0 aliphatic carbocycles. The molecule has 0 radical (unpaired) electrons. The third-order valence-electron chi connectivity index (χ3n) is 15.2. The van der Waals surface area contributed by atoms with Gasteiger partial charge in [0, 0.05) is 71.8 Å². The standard InChI is InChI=1S/C23H22F3N3O2S2.C12H17N3OS.C11H7F3O2S.C9H6F4O.C3H6O2S/c1-13-17-3-2-16(23(24,25)26)10-18(17)33-19(13)21(30)29-11-15(12-29)14-4-7-28(8-5-14)22(31)20-27-6-9-32-20;16-12(11-14-3-6-17-11)15-4-1-9(2-5-15)10-7-13-8-10;1-5-7-3-2-6(11(12,13)14)4-8(7)17-9(5)10(15)16;1-5(14)7-3-2-6(4-8(7)10)9(11,12)13;1-5-3(4)2-6/h2-3,6,9-10,14-15H,4-5,7-8,11-12H2,1H3;3,6,9-10,13H,1-2,4-5,7-8H2;2-4H,1H3,(H,15,16);2-4H,1H3;6H,2H2,1H3. The van der Waals surface area contributed by atoms with E-state index in [9.17, 15) is 72.7 Å². The second-order valence-corrected chi connectivity index (χ2v) is 24.8. The van der Waals surface area contributed by atoms with Crippen molar-refractivity contribution in [2.75, 3.05) is 65.2 Å². The van der Waals surface area contributed by atoms with Crippen LogP contribution in [0.4, 0.5) is 43.9 Å². The van der Waals surface area contributed by atoms with Crippen LogP contribution in [-0.2, 0) is 28.1 Å². The summed E-state index contributed by atoms with van der Waals surface area (Å²) in [7, 11) is 1.33. The van der Waals surface area contributed by atoms with Crippen molar-refractivity contribution in [3.05, 3.63) is 137 Å². The summed E-state index contributed by atoms with van der Waals surface area (Å²) in [4.78, 5) is 83.4. The number of piperidine rings is 2. The van der Waals surface area contributed by atoms with E-state index in [1.165, 1.54) is 55.0 Å². The number of amides is 3. The number of ether oxygens (including phenoxy) is 1. The summed E-state index contributed by atoms with van der Waals surface area (Å²) in [5.41, 5.74) is -1.64. The number of rotatable bonds is 8. The number of thiazole rings is 2. The molecule has 29 heteroatoms. The number of thiophene rings is 2. The van der Waals surface area contributed by atoms with Gasteiger partial charge in [-0.1, -0.05) is 12.1 Å². The molecule has 87 heavy (non-hydrogen) atoms. The van der Waals surface area contributed by atoms with Crippen molar-refractivity contribution in [1.82, 2.24) is 30.0 Å². The number of thiol groups is 1. The molecule has 4 aliphatic heterocycles. The number of nitrogens with one attached hydrogen (secondary N) is 1. The fourth-order valence-corrected chi connectivity index (χ4v) is 13.7. The maximum absolute atomic E-state index is 13.1. The number of ketones is 1. The highest BCUT2D eigenvalue weighted by Gasteiger charge is 2.40. The lowest BCUT2D eigenvalue weighted by Gasteiger charge is -2.46. The maximum Gasteiger partial charge on any atom is 0.416 e. The molecule has 0 spiro atoms. The molecule has 2 N–H and O–H groups in total. The first-order valence-corrected chi connectivity index (χ1v) is 30.9. The molecule has 11 rings (SSSR count). The molecule has 468 valence electrons. The third kappa shape index (κ3) is 17.2. The minimum absolute atomic E-state index is 0.0113. The van der Waals surface area contributed by atoms with Gasteiger partial charge in [-0.05, 0) is 148 Å². The number of hydrogen-bond acceptors (Lipinski definition) is 15. The number of carboxylic acid groups (broad SMARTS) is 1. The smallest absolute Gasteiger partial charge is 0.416 e. The van der Waals surface area contributed by atoms with E-state index in [4.69, 9.17) is 5.11 Å². The number of Topliss-reactive ketones (excluding diaryl/α,β-unsaturated/α-hetero) is 1. The molecule has 7 aromatic rings. The lowest BCUT2D eigenvalue weighted by Crippen LogP contribution is -2.54. The fourth-order valence-electron chi connectivity index (χ4n) is 10.1. The largest absolute Gasteiger partial charge is 0.477 e. The van der Waals surface area contributed by atoms with Crippen LogP contribution in [0.25, 0.3) is 20.2 Å². The van der Waals surface area contributed by atoms with Crippen LogP contribution in [-0.4, -0.2) is 130 Å². The molecule has 4 fully saturated rings. The highest BCUT2D eigenvalue weighted by molar-refractivity contribution is 7.81. The van der Waals surface area contributed by atoms with E-state index < -0.39 is 52.8 Å². The van der Waals surface area contributed by atoms with E-state index in [2.05, 4.69) is 32.7 Å². The van der Waals surface area contributed by atoms with E-state index in [1.807, 2.05) is 15.2 Å². The SMILES string of the molecule is CC(=O)c1ccc(C(F)(F)F)cc1F.COC(=O)CS.Cc1c(C(=O)N2CC(C3CCN(C(=O)c4nccs4)CC3)C2)sc2cc(C(F)(F)F)ccc12.Cc1c(C(=O)O)sc2cc(C(F)(F)F)ccc12.O=C(c1nccs1)N1CCC(C2CNC2)CC1. The molecule has 0 bridgehead atoms. The van der Waals surface area contributed by atoms with Crippen LogP contribution in [0.3, 0.4) is 0 Å². The molecule has 3 amide bonds. The summed E-state index contributed by atoms with van der Waals surface area (Å²) in [6.07, 6.45) is -5.93. The van der Waals surface area contributed by atoms with Crippen molar-refractivity contribution >= 4 is 114 Å². The molecule has 0 unspecified atom stereocenters. The Morgan fingerprint density at radius 1 is 0.621 bits per heavy atom. The number of likely N-dealkylation sites (tertiary alicyclic amines) is 3. The van der Waals surface area contributed by atoms with E-state index in [0.717, 1.165) is 116 Å². The zero-order valence-electron chi connectivity index (χ0n) is 46.9. The Hall–Kier alpha value is -6.53. The van der Waals surface area contributed by atoms with E-state index in [0.29, 0.717) is 90.8 Å². The van der Waals surface area contributed by atoms with E-state index in [-0.39, 0.29) is 39.9 Å². The normalized spacial score (nSPS) is 16.0. The number of hydrogen-bond donors (Lipinski definition) is 3. The zero-order valence-corrected chi connectivity index (χ0v) is 51.1.